The van der Waals surface area contributed by atoms with Gasteiger partial charge in [0.15, 0.2) is 0 Å². The SMILES string of the molecule is N#CCCC(=O)Cc1nc2ccccc2s1. The van der Waals surface area contributed by atoms with Crippen molar-refractivity contribution in [2.24, 2.45) is 0 Å². The molecule has 0 aliphatic carbocycles. The van der Waals surface area contributed by atoms with Crippen LogP contribution in [0.25, 0.3) is 10.2 Å². The van der Waals surface area contributed by atoms with Crippen molar-refractivity contribution in [3.05, 3.63) is 29.3 Å². The molecule has 0 bridgehead atoms. The van der Waals surface area contributed by atoms with Crippen molar-refractivity contribution in [2.75, 3.05) is 0 Å². The highest BCUT2D eigenvalue weighted by Crippen LogP contribution is 2.22. The van der Waals surface area contributed by atoms with Gasteiger partial charge in [-0.3, -0.25) is 4.79 Å². The lowest BCUT2D eigenvalue weighted by atomic mass is 10.2. The van der Waals surface area contributed by atoms with Gasteiger partial charge in [-0.15, -0.1) is 11.3 Å². The van der Waals surface area contributed by atoms with Gasteiger partial charge in [0.05, 0.1) is 22.7 Å². The molecule has 0 N–H and O–H groups in total. The van der Waals surface area contributed by atoms with Crippen LogP contribution in [0.1, 0.15) is 17.8 Å². The Bertz CT molecular complexity index is 520. The standard InChI is InChI=1S/C12H10N2OS/c13-7-3-4-9(15)8-12-14-10-5-1-2-6-11(10)16-12/h1-2,5-6H,3-4,8H2. The quantitative estimate of drug-likeness (QED) is 0.811. The van der Waals surface area contributed by atoms with Crippen LogP contribution in [0.4, 0.5) is 0 Å². The van der Waals surface area contributed by atoms with Gasteiger partial charge in [0.1, 0.15) is 10.8 Å². The van der Waals surface area contributed by atoms with E-state index in [0.717, 1.165) is 15.2 Å². The van der Waals surface area contributed by atoms with Crippen molar-refractivity contribution in [2.45, 2.75) is 19.3 Å². The molecule has 80 valence electrons. The monoisotopic (exact) mass is 230 g/mol. The lowest BCUT2D eigenvalue weighted by Gasteiger charge is -1.92. The summed E-state index contributed by atoms with van der Waals surface area (Å²) in [6, 6.07) is 9.80. The summed E-state index contributed by atoms with van der Waals surface area (Å²) in [5.41, 5.74) is 0.940. The number of nitriles is 1. The Kier molecular flexibility index (Phi) is 3.28. The van der Waals surface area contributed by atoms with Gasteiger partial charge < -0.3 is 0 Å². The minimum absolute atomic E-state index is 0.0839. The lowest BCUT2D eigenvalue weighted by Crippen LogP contribution is -2.01. The summed E-state index contributed by atoms with van der Waals surface area (Å²) in [6.07, 6.45) is 0.969. The van der Waals surface area contributed by atoms with Gasteiger partial charge in [-0.05, 0) is 12.1 Å². The summed E-state index contributed by atoms with van der Waals surface area (Å²) < 4.78 is 1.10. The average molecular weight is 230 g/mol. The maximum absolute atomic E-state index is 11.5. The number of rotatable bonds is 4. The summed E-state index contributed by atoms with van der Waals surface area (Å²) in [4.78, 5) is 15.8. The fraction of sp³-hybridized carbons (Fsp3) is 0.250. The number of hydrogen-bond acceptors (Lipinski definition) is 4. The first-order valence-corrected chi connectivity index (χ1v) is 5.84. The molecule has 2 rings (SSSR count). The third-order valence-corrected chi connectivity index (χ3v) is 3.24. The molecular weight excluding hydrogens is 220 g/mol. The molecule has 0 unspecified atom stereocenters. The van der Waals surface area contributed by atoms with E-state index in [2.05, 4.69) is 4.98 Å². The third-order valence-electron chi connectivity index (χ3n) is 2.20. The number of aromatic nitrogens is 1. The normalized spacial score (nSPS) is 10.2. The van der Waals surface area contributed by atoms with E-state index in [1.54, 1.807) is 11.3 Å². The van der Waals surface area contributed by atoms with Gasteiger partial charge in [-0.1, -0.05) is 12.1 Å². The van der Waals surface area contributed by atoms with Crippen LogP contribution in [0, 0.1) is 11.3 Å². The number of hydrogen-bond donors (Lipinski definition) is 0. The van der Waals surface area contributed by atoms with Crippen LogP contribution in [0.3, 0.4) is 0 Å². The van der Waals surface area contributed by atoms with Crippen molar-refractivity contribution >= 4 is 27.3 Å². The number of nitrogens with zero attached hydrogens (tertiary/aromatic N) is 2. The molecule has 0 saturated carbocycles. The predicted molar refractivity (Wildman–Crippen MR) is 63.2 cm³/mol. The number of carbonyl (C=O) groups excluding carboxylic acids is 1. The first-order valence-electron chi connectivity index (χ1n) is 5.02. The smallest absolute Gasteiger partial charge is 0.140 e. The molecule has 1 heterocycles. The fourth-order valence-electron chi connectivity index (χ4n) is 1.45. The highest BCUT2D eigenvalue weighted by Gasteiger charge is 2.08. The summed E-state index contributed by atoms with van der Waals surface area (Å²) >= 11 is 1.54. The van der Waals surface area contributed by atoms with Crippen molar-refractivity contribution in [3.63, 3.8) is 0 Å². The van der Waals surface area contributed by atoms with E-state index in [-0.39, 0.29) is 5.78 Å². The molecule has 0 radical (unpaired) electrons. The first kappa shape index (κ1) is 10.8. The van der Waals surface area contributed by atoms with Crippen molar-refractivity contribution in [3.8, 4) is 6.07 Å². The predicted octanol–water partition coefficient (Wildman–Crippen LogP) is 2.71. The molecule has 0 atom stereocenters. The number of Topliss-reactive ketones (excluding diaryl/α,β-unsaturated/α-hetero) is 1. The zero-order valence-corrected chi connectivity index (χ0v) is 9.46. The molecule has 0 fully saturated rings. The highest BCUT2D eigenvalue weighted by atomic mass is 32.1. The number of ketones is 1. The second-order valence-corrected chi connectivity index (χ2v) is 4.56. The Hall–Kier alpha value is -1.73. The van der Waals surface area contributed by atoms with Gasteiger partial charge in [0.25, 0.3) is 0 Å². The second kappa shape index (κ2) is 4.86. The number of thiazole rings is 1. The van der Waals surface area contributed by atoms with E-state index < -0.39 is 0 Å². The van der Waals surface area contributed by atoms with Gasteiger partial charge in [0, 0.05) is 12.8 Å². The van der Waals surface area contributed by atoms with E-state index >= 15 is 0 Å². The zero-order valence-electron chi connectivity index (χ0n) is 8.64. The van der Waals surface area contributed by atoms with Crippen LogP contribution in [0.5, 0.6) is 0 Å². The van der Waals surface area contributed by atoms with Crippen LogP contribution >= 0.6 is 11.3 Å². The number of para-hydroxylation sites is 1. The summed E-state index contributed by atoms with van der Waals surface area (Å²) in [5, 5.41) is 9.22. The first-order chi connectivity index (χ1) is 7.79. The van der Waals surface area contributed by atoms with E-state index in [1.165, 1.54) is 0 Å². The molecule has 0 spiro atoms. The minimum Gasteiger partial charge on any atom is -0.299 e. The Balaban J connectivity index is 2.10. The van der Waals surface area contributed by atoms with Crippen LogP contribution in [-0.2, 0) is 11.2 Å². The minimum atomic E-state index is 0.0839. The summed E-state index contributed by atoms with van der Waals surface area (Å²) in [5.74, 6) is 0.0839. The molecule has 3 nitrogen and oxygen atoms in total. The molecule has 0 amide bonds. The fourth-order valence-corrected chi connectivity index (χ4v) is 2.44. The van der Waals surface area contributed by atoms with Gasteiger partial charge >= 0.3 is 0 Å². The Morgan fingerprint density at radius 2 is 2.25 bits per heavy atom. The number of carbonyl (C=O) groups is 1. The second-order valence-electron chi connectivity index (χ2n) is 3.45. The molecule has 0 saturated heterocycles. The van der Waals surface area contributed by atoms with Gasteiger partial charge in [-0.2, -0.15) is 5.26 Å². The van der Waals surface area contributed by atoms with E-state index in [4.69, 9.17) is 5.26 Å². The molecular formula is C12H10N2OS. The maximum Gasteiger partial charge on any atom is 0.140 e. The molecule has 0 aliphatic heterocycles. The summed E-state index contributed by atoms with van der Waals surface area (Å²) in [7, 11) is 0. The van der Waals surface area contributed by atoms with Gasteiger partial charge in [0.2, 0.25) is 0 Å². The maximum atomic E-state index is 11.5. The number of benzene rings is 1. The lowest BCUT2D eigenvalue weighted by molar-refractivity contribution is -0.118. The third kappa shape index (κ3) is 2.44. The molecule has 1 aromatic heterocycles. The van der Waals surface area contributed by atoms with Crippen molar-refractivity contribution in [1.29, 1.82) is 5.26 Å². The Labute approximate surface area is 97.4 Å². The molecule has 2 aromatic rings. The van der Waals surface area contributed by atoms with E-state index in [1.807, 2.05) is 30.3 Å². The average Bonchev–Trinajstić information content (AvgIpc) is 2.68. The Morgan fingerprint density at radius 3 is 3.00 bits per heavy atom. The topological polar surface area (TPSA) is 53.8 Å². The van der Waals surface area contributed by atoms with Crippen LogP contribution < -0.4 is 0 Å². The van der Waals surface area contributed by atoms with Crippen LogP contribution in [0.2, 0.25) is 0 Å². The van der Waals surface area contributed by atoms with Gasteiger partial charge in [-0.25, -0.2) is 4.98 Å². The molecule has 4 heteroatoms. The zero-order chi connectivity index (χ0) is 11.4. The highest BCUT2D eigenvalue weighted by molar-refractivity contribution is 7.18. The Morgan fingerprint density at radius 1 is 1.44 bits per heavy atom. The van der Waals surface area contributed by atoms with Crippen molar-refractivity contribution in [1.82, 2.24) is 4.98 Å². The van der Waals surface area contributed by atoms with E-state index in [9.17, 15) is 4.79 Å². The molecule has 1 aromatic carbocycles. The van der Waals surface area contributed by atoms with E-state index in [0.29, 0.717) is 19.3 Å². The largest absolute Gasteiger partial charge is 0.299 e. The number of fused-ring (bicyclic) bond motifs is 1. The molecule has 16 heavy (non-hydrogen) atoms. The summed E-state index contributed by atoms with van der Waals surface area (Å²) in [6.45, 7) is 0. The van der Waals surface area contributed by atoms with Crippen LogP contribution in [0.15, 0.2) is 24.3 Å². The van der Waals surface area contributed by atoms with Crippen LogP contribution in [-0.4, -0.2) is 10.8 Å². The molecule has 0 aliphatic rings. The van der Waals surface area contributed by atoms with Crippen molar-refractivity contribution < 1.29 is 4.79 Å².